The van der Waals surface area contributed by atoms with Crippen LogP contribution in [0.15, 0.2) is 52.0 Å². The summed E-state index contributed by atoms with van der Waals surface area (Å²) in [6.07, 6.45) is 6.70. The normalized spacial score (nSPS) is 10.6. The molecule has 0 spiro atoms. The number of ether oxygens (including phenoxy) is 2. The minimum atomic E-state index is -0.361. The van der Waals surface area contributed by atoms with Crippen molar-refractivity contribution in [2.45, 2.75) is 19.8 Å². The molecule has 2 aromatic rings. The molecule has 2 rings (SSSR count). The van der Waals surface area contributed by atoms with Crippen LogP contribution in [0.1, 0.15) is 30.9 Å². The van der Waals surface area contributed by atoms with E-state index in [1.165, 1.54) is 11.8 Å². The van der Waals surface area contributed by atoms with Crippen LogP contribution in [-0.4, -0.2) is 25.3 Å². The van der Waals surface area contributed by atoms with Crippen molar-refractivity contribution >= 4 is 28.1 Å². The summed E-state index contributed by atoms with van der Waals surface area (Å²) < 4.78 is 11.8. The summed E-state index contributed by atoms with van der Waals surface area (Å²) in [5.41, 5.74) is 4.33. The number of nitrogens with zero attached hydrogens (tertiary/aromatic N) is 1. The van der Waals surface area contributed by atoms with E-state index in [9.17, 15) is 4.79 Å². The van der Waals surface area contributed by atoms with E-state index in [1.54, 1.807) is 6.07 Å². The van der Waals surface area contributed by atoms with Gasteiger partial charge in [0.15, 0.2) is 6.61 Å². The number of benzene rings is 2. The predicted molar refractivity (Wildman–Crippen MR) is 110 cm³/mol. The molecular weight excluding hydrogens is 408 g/mol. The molecular formula is C21H21BrN2O3. The molecule has 1 amide bonds. The van der Waals surface area contributed by atoms with E-state index in [2.05, 4.69) is 46.2 Å². The molecule has 0 aromatic heterocycles. The lowest BCUT2D eigenvalue weighted by molar-refractivity contribution is -0.123. The van der Waals surface area contributed by atoms with Crippen molar-refractivity contribution in [1.29, 1.82) is 0 Å². The first-order valence-electron chi connectivity index (χ1n) is 8.40. The summed E-state index contributed by atoms with van der Waals surface area (Å²) >= 11 is 3.39. The Hall–Kier alpha value is -2.78. The van der Waals surface area contributed by atoms with Gasteiger partial charge in [0, 0.05) is 10.0 Å². The van der Waals surface area contributed by atoms with Crippen LogP contribution in [0.3, 0.4) is 0 Å². The number of halogens is 1. The third-order valence-electron chi connectivity index (χ3n) is 3.59. The van der Waals surface area contributed by atoms with Crippen LogP contribution in [0.5, 0.6) is 11.5 Å². The lowest BCUT2D eigenvalue weighted by atomic mass is 10.0. The smallest absolute Gasteiger partial charge is 0.277 e. The average Bonchev–Trinajstić information content (AvgIpc) is 2.66. The monoisotopic (exact) mass is 428 g/mol. The molecule has 0 saturated carbocycles. The summed E-state index contributed by atoms with van der Waals surface area (Å²) in [6.45, 7) is 4.26. The third-order valence-corrected chi connectivity index (χ3v) is 4.09. The molecule has 0 radical (unpaired) electrons. The predicted octanol–water partition coefficient (Wildman–Crippen LogP) is 4.11. The largest absolute Gasteiger partial charge is 0.484 e. The van der Waals surface area contributed by atoms with Crippen LogP contribution in [0.2, 0.25) is 0 Å². The Kier molecular flexibility index (Phi) is 7.90. The molecule has 140 valence electrons. The van der Waals surface area contributed by atoms with E-state index in [-0.39, 0.29) is 19.1 Å². The van der Waals surface area contributed by atoms with E-state index in [4.69, 9.17) is 15.9 Å². The van der Waals surface area contributed by atoms with Gasteiger partial charge in [0.05, 0.1) is 6.21 Å². The molecule has 0 aliphatic carbocycles. The number of rotatable bonds is 8. The van der Waals surface area contributed by atoms with Gasteiger partial charge < -0.3 is 9.47 Å². The van der Waals surface area contributed by atoms with Crippen LogP contribution in [0, 0.1) is 12.3 Å². The van der Waals surface area contributed by atoms with Crippen molar-refractivity contribution in [3.05, 3.63) is 58.1 Å². The second-order valence-electron chi connectivity index (χ2n) is 5.98. The molecule has 1 N–H and O–H groups in total. The zero-order chi connectivity index (χ0) is 19.6. The van der Waals surface area contributed by atoms with Crippen molar-refractivity contribution in [1.82, 2.24) is 5.43 Å². The number of carbonyl (C=O) groups is 1. The van der Waals surface area contributed by atoms with Crippen molar-refractivity contribution in [3.63, 3.8) is 0 Å². The van der Waals surface area contributed by atoms with E-state index in [0.29, 0.717) is 23.0 Å². The first kappa shape index (κ1) is 20.5. The zero-order valence-electron chi connectivity index (χ0n) is 15.2. The Bertz CT molecular complexity index is 839. The van der Waals surface area contributed by atoms with Crippen molar-refractivity contribution < 1.29 is 14.3 Å². The molecule has 0 saturated heterocycles. The maximum Gasteiger partial charge on any atom is 0.277 e. The Morgan fingerprint density at radius 2 is 2.00 bits per heavy atom. The number of hydrogen-bond donors (Lipinski definition) is 1. The summed E-state index contributed by atoms with van der Waals surface area (Å²) in [6, 6.07) is 13.1. The number of amides is 1. The Morgan fingerprint density at radius 1 is 1.26 bits per heavy atom. The molecule has 0 aliphatic rings. The maximum atomic E-state index is 11.9. The van der Waals surface area contributed by atoms with Gasteiger partial charge in [-0.05, 0) is 41.8 Å². The van der Waals surface area contributed by atoms with Gasteiger partial charge in [-0.25, -0.2) is 5.43 Å². The lowest BCUT2D eigenvalue weighted by Crippen LogP contribution is -2.24. The fourth-order valence-corrected chi connectivity index (χ4v) is 2.55. The highest BCUT2D eigenvalue weighted by Gasteiger charge is 2.05. The first-order chi connectivity index (χ1) is 13.0. The van der Waals surface area contributed by atoms with Crippen LogP contribution >= 0.6 is 15.9 Å². The Morgan fingerprint density at radius 3 is 2.67 bits per heavy atom. The molecule has 0 bridgehead atoms. The van der Waals surface area contributed by atoms with Crippen LogP contribution in [0.25, 0.3) is 0 Å². The second kappa shape index (κ2) is 10.4. The van der Waals surface area contributed by atoms with Gasteiger partial charge in [-0.3, -0.25) is 4.79 Å². The average molecular weight is 429 g/mol. The minimum absolute atomic E-state index is 0.128. The fraction of sp³-hybridized carbons (Fsp3) is 0.238. The fourth-order valence-electron chi connectivity index (χ4n) is 2.17. The molecule has 0 heterocycles. The summed E-state index contributed by atoms with van der Waals surface area (Å²) in [7, 11) is 0. The molecule has 0 unspecified atom stereocenters. The Balaban J connectivity index is 1.88. The van der Waals surface area contributed by atoms with Crippen LogP contribution < -0.4 is 14.9 Å². The number of carbonyl (C=O) groups excluding carboxylic acids is 1. The molecule has 0 aliphatic heterocycles. The number of nitrogens with one attached hydrogen (secondary N) is 1. The van der Waals surface area contributed by atoms with Gasteiger partial charge >= 0.3 is 0 Å². The van der Waals surface area contributed by atoms with E-state index >= 15 is 0 Å². The van der Waals surface area contributed by atoms with Crippen LogP contribution in [0.4, 0.5) is 0 Å². The highest BCUT2D eigenvalue weighted by atomic mass is 79.9. The molecule has 0 fully saturated rings. The summed E-state index contributed by atoms with van der Waals surface area (Å²) in [5, 5.41) is 3.94. The van der Waals surface area contributed by atoms with Crippen molar-refractivity contribution in [2.24, 2.45) is 5.10 Å². The SMILES string of the molecule is C#CCOc1ccc(Br)cc1/C=N\NC(=O)COc1ccc(C(C)C)cc1. The second-order valence-corrected chi connectivity index (χ2v) is 6.90. The molecule has 2 aromatic carbocycles. The van der Waals surface area contributed by atoms with Crippen molar-refractivity contribution in [3.8, 4) is 23.8 Å². The van der Waals surface area contributed by atoms with Crippen molar-refractivity contribution in [2.75, 3.05) is 13.2 Å². The first-order valence-corrected chi connectivity index (χ1v) is 9.19. The Labute approximate surface area is 167 Å². The van der Waals surface area contributed by atoms with Gasteiger partial charge in [-0.15, -0.1) is 6.42 Å². The third kappa shape index (κ3) is 6.80. The topological polar surface area (TPSA) is 59.9 Å². The van der Waals surface area contributed by atoms with Gasteiger partial charge in [0.1, 0.15) is 18.1 Å². The van der Waals surface area contributed by atoms with Gasteiger partial charge in [0.25, 0.3) is 5.91 Å². The van der Waals surface area contributed by atoms with Gasteiger partial charge in [-0.2, -0.15) is 5.10 Å². The standard InChI is InChI=1S/C21H21BrN2O3/c1-4-11-26-20-10-7-18(22)12-17(20)13-23-24-21(25)14-27-19-8-5-16(6-9-19)15(2)3/h1,5-10,12-13,15H,11,14H2,2-3H3,(H,24,25)/b23-13-. The van der Waals surface area contributed by atoms with Gasteiger partial charge in [-0.1, -0.05) is 47.8 Å². The molecule has 5 nitrogen and oxygen atoms in total. The maximum absolute atomic E-state index is 11.9. The highest BCUT2D eigenvalue weighted by molar-refractivity contribution is 9.10. The lowest BCUT2D eigenvalue weighted by Gasteiger charge is -2.08. The number of hydrazone groups is 1. The quantitative estimate of drug-likeness (QED) is 0.390. The van der Waals surface area contributed by atoms with Crippen LogP contribution in [-0.2, 0) is 4.79 Å². The van der Waals surface area contributed by atoms with Gasteiger partial charge in [0.2, 0.25) is 0 Å². The zero-order valence-corrected chi connectivity index (χ0v) is 16.8. The van der Waals surface area contributed by atoms with E-state index in [0.717, 1.165) is 4.47 Å². The van der Waals surface area contributed by atoms with E-state index in [1.807, 2.05) is 36.4 Å². The molecule has 27 heavy (non-hydrogen) atoms. The summed E-state index contributed by atoms with van der Waals surface area (Å²) in [5.74, 6) is 3.71. The van der Waals surface area contributed by atoms with E-state index < -0.39 is 0 Å². The minimum Gasteiger partial charge on any atom is -0.484 e. The summed E-state index contributed by atoms with van der Waals surface area (Å²) in [4.78, 5) is 11.9. The number of terminal acetylenes is 1. The number of hydrogen-bond acceptors (Lipinski definition) is 4. The highest BCUT2D eigenvalue weighted by Crippen LogP contribution is 2.22. The molecule has 0 atom stereocenters. The molecule has 6 heteroatoms.